The quantitative estimate of drug-likeness (QED) is 0.684. The van der Waals surface area contributed by atoms with Gasteiger partial charge >= 0.3 is 0 Å². The fourth-order valence-corrected chi connectivity index (χ4v) is 1.28. The molecular weight excluding hydrogens is 185 g/mol. The van der Waals surface area contributed by atoms with Gasteiger partial charge in [0.25, 0.3) is 0 Å². The first-order valence-electron chi connectivity index (χ1n) is 4.02. The Labute approximate surface area is 83.2 Å². The third kappa shape index (κ3) is 2.86. The second-order valence-corrected chi connectivity index (χ2v) is 3.44. The molecule has 0 saturated heterocycles. The summed E-state index contributed by atoms with van der Waals surface area (Å²) in [5.74, 6) is -0.172. The van der Waals surface area contributed by atoms with Gasteiger partial charge in [0.2, 0.25) is 0 Å². The molecule has 3 heteroatoms. The van der Waals surface area contributed by atoms with Crippen LogP contribution in [0.15, 0.2) is 18.2 Å². The lowest BCUT2D eigenvalue weighted by molar-refractivity contribution is 0.392. The molecule has 0 amide bonds. The Kier molecular flexibility index (Phi) is 3.51. The Hall–Kier alpha value is -0.800. The minimum absolute atomic E-state index is 0.172. The van der Waals surface area contributed by atoms with E-state index in [1.807, 2.05) is 19.0 Å². The summed E-state index contributed by atoms with van der Waals surface area (Å²) in [6.45, 7) is 0.600. The lowest BCUT2D eigenvalue weighted by atomic mass is 10.1. The predicted octanol–water partition coefficient (Wildman–Crippen LogP) is 2.24. The molecule has 0 aliphatic rings. The molecule has 0 heterocycles. The van der Waals surface area contributed by atoms with E-state index in [-0.39, 0.29) is 5.82 Å². The van der Waals surface area contributed by atoms with Crippen LogP contribution in [0.2, 0.25) is 0 Å². The zero-order valence-corrected chi connectivity index (χ0v) is 8.57. The molecule has 0 aliphatic heterocycles. The van der Waals surface area contributed by atoms with Gasteiger partial charge < -0.3 is 4.90 Å². The summed E-state index contributed by atoms with van der Waals surface area (Å²) in [7, 11) is 3.81. The highest BCUT2D eigenvalue weighted by Crippen LogP contribution is 2.10. The second kappa shape index (κ2) is 4.44. The Morgan fingerprint density at radius 1 is 1.46 bits per heavy atom. The minimum atomic E-state index is -0.172. The molecule has 0 atom stereocenters. The van der Waals surface area contributed by atoms with E-state index in [0.29, 0.717) is 12.1 Å². The molecule has 1 rings (SSSR count). The predicted molar refractivity (Wildman–Crippen MR) is 56.5 cm³/mol. The number of hydrogen-bond donors (Lipinski definition) is 0. The monoisotopic (exact) mass is 197 g/mol. The van der Waals surface area contributed by atoms with E-state index in [1.165, 1.54) is 6.07 Å². The van der Waals surface area contributed by atoms with Crippen LogP contribution in [0.5, 0.6) is 0 Å². The van der Waals surface area contributed by atoms with Crippen molar-refractivity contribution in [3.05, 3.63) is 35.1 Å². The molecular formula is C10H12FNS. The first kappa shape index (κ1) is 10.3. The lowest BCUT2D eigenvalue weighted by Gasteiger charge is -2.10. The van der Waals surface area contributed by atoms with Gasteiger partial charge in [0.05, 0.1) is 0 Å². The number of hydrogen-bond acceptors (Lipinski definition) is 2. The first-order valence-corrected chi connectivity index (χ1v) is 4.49. The SMILES string of the molecule is CN(C)Cc1cc(C=S)ccc1F. The van der Waals surface area contributed by atoms with Crippen LogP contribution < -0.4 is 0 Å². The molecule has 1 nitrogen and oxygen atoms in total. The number of benzene rings is 1. The minimum Gasteiger partial charge on any atom is -0.305 e. The van der Waals surface area contributed by atoms with Crippen molar-refractivity contribution in [2.45, 2.75) is 6.54 Å². The molecule has 13 heavy (non-hydrogen) atoms. The van der Waals surface area contributed by atoms with Crippen LogP contribution in [0.1, 0.15) is 11.1 Å². The van der Waals surface area contributed by atoms with Gasteiger partial charge in [-0.1, -0.05) is 18.3 Å². The highest BCUT2D eigenvalue weighted by atomic mass is 32.1. The largest absolute Gasteiger partial charge is 0.305 e. The Morgan fingerprint density at radius 3 is 2.69 bits per heavy atom. The first-order chi connectivity index (χ1) is 6.13. The van der Waals surface area contributed by atoms with E-state index < -0.39 is 0 Å². The van der Waals surface area contributed by atoms with Gasteiger partial charge in [0.15, 0.2) is 0 Å². The van der Waals surface area contributed by atoms with Crippen LogP contribution in [0.4, 0.5) is 4.39 Å². The molecule has 70 valence electrons. The molecule has 0 bridgehead atoms. The van der Waals surface area contributed by atoms with Gasteiger partial charge in [0, 0.05) is 17.5 Å². The van der Waals surface area contributed by atoms with Crippen molar-refractivity contribution >= 4 is 17.6 Å². The lowest BCUT2D eigenvalue weighted by Crippen LogP contribution is -2.12. The fraction of sp³-hybridized carbons (Fsp3) is 0.300. The van der Waals surface area contributed by atoms with Crippen molar-refractivity contribution in [1.82, 2.24) is 4.90 Å². The van der Waals surface area contributed by atoms with Gasteiger partial charge in [-0.15, -0.1) is 0 Å². The zero-order chi connectivity index (χ0) is 9.84. The van der Waals surface area contributed by atoms with Crippen LogP contribution in [0.3, 0.4) is 0 Å². The summed E-state index contributed by atoms with van der Waals surface area (Å²) in [5.41, 5.74) is 1.57. The Balaban J connectivity index is 2.96. The maximum Gasteiger partial charge on any atom is 0.127 e. The fourth-order valence-electron chi connectivity index (χ4n) is 1.13. The zero-order valence-electron chi connectivity index (χ0n) is 7.75. The third-order valence-corrected chi connectivity index (χ3v) is 1.96. The highest BCUT2D eigenvalue weighted by molar-refractivity contribution is 7.79. The van der Waals surface area contributed by atoms with Crippen molar-refractivity contribution in [3.8, 4) is 0 Å². The number of rotatable bonds is 3. The molecule has 1 aromatic carbocycles. The van der Waals surface area contributed by atoms with E-state index in [2.05, 4.69) is 0 Å². The normalized spacial score (nSPS) is 10.5. The maximum absolute atomic E-state index is 13.2. The summed E-state index contributed by atoms with van der Waals surface area (Å²) in [6, 6.07) is 4.92. The highest BCUT2D eigenvalue weighted by Gasteiger charge is 2.03. The van der Waals surface area contributed by atoms with Crippen molar-refractivity contribution in [1.29, 1.82) is 0 Å². The summed E-state index contributed by atoms with van der Waals surface area (Å²) in [5, 5.41) is 1.55. The van der Waals surface area contributed by atoms with Gasteiger partial charge in [-0.3, -0.25) is 0 Å². The third-order valence-electron chi connectivity index (χ3n) is 1.69. The van der Waals surface area contributed by atoms with E-state index in [9.17, 15) is 4.39 Å². The average Bonchev–Trinajstić information content (AvgIpc) is 2.08. The molecule has 0 radical (unpaired) electrons. The topological polar surface area (TPSA) is 3.24 Å². The van der Waals surface area contributed by atoms with Crippen LogP contribution in [-0.2, 0) is 6.54 Å². The molecule has 0 aromatic heterocycles. The van der Waals surface area contributed by atoms with Crippen LogP contribution in [0.25, 0.3) is 0 Å². The summed E-state index contributed by atoms with van der Waals surface area (Å²) in [6.07, 6.45) is 0. The number of thiocarbonyl (C=S) groups is 1. The van der Waals surface area contributed by atoms with Crippen molar-refractivity contribution < 1.29 is 4.39 Å². The molecule has 0 fully saturated rings. The molecule has 0 unspecified atom stereocenters. The van der Waals surface area contributed by atoms with E-state index in [1.54, 1.807) is 17.5 Å². The van der Waals surface area contributed by atoms with Crippen LogP contribution in [-0.4, -0.2) is 24.4 Å². The summed E-state index contributed by atoms with van der Waals surface area (Å²) < 4.78 is 13.2. The van der Waals surface area contributed by atoms with Crippen molar-refractivity contribution in [3.63, 3.8) is 0 Å². The van der Waals surface area contributed by atoms with Gasteiger partial charge in [-0.2, -0.15) is 0 Å². The van der Waals surface area contributed by atoms with Crippen LogP contribution in [0, 0.1) is 5.82 Å². The second-order valence-electron chi connectivity index (χ2n) is 3.21. The summed E-state index contributed by atoms with van der Waals surface area (Å²) >= 11 is 4.77. The maximum atomic E-state index is 13.2. The van der Waals surface area contributed by atoms with Crippen LogP contribution >= 0.6 is 12.2 Å². The van der Waals surface area contributed by atoms with E-state index in [4.69, 9.17) is 12.2 Å². The molecule has 0 saturated carbocycles. The molecule has 0 N–H and O–H groups in total. The molecule has 0 aliphatic carbocycles. The number of nitrogens with zero attached hydrogens (tertiary/aromatic N) is 1. The Bertz CT molecular complexity index is 310. The average molecular weight is 197 g/mol. The standard InChI is InChI=1S/C10H12FNS/c1-12(2)6-9-5-8(7-13)3-4-10(9)11/h3-5,7H,6H2,1-2H3. The Morgan fingerprint density at radius 2 is 2.15 bits per heavy atom. The van der Waals surface area contributed by atoms with Crippen molar-refractivity contribution in [2.24, 2.45) is 0 Å². The van der Waals surface area contributed by atoms with Crippen molar-refractivity contribution in [2.75, 3.05) is 14.1 Å². The van der Waals surface area contributed by atoms with E-state index in [0.717, 1.165) is 5.56 Å². The number of halogens is 1. The van der Waals surface area contributed by atoms with Gasteiger partial charge in [0.1, 0.15) is 5.82 Å². The van der Waals surface area contributed by atoms with Gasteiger partial charge in [-0.25, -0.2) is 4.39 Å². The molecule has 0 spiro atoms. The smallest absolute Gasteiger partial charge is 0.127 e. The summed E-state index contributed by atoms with van der Waals surface area (Å²) in [4.78, 5) is 1.92. The molecule has 1 aromatic rings. The van der Waals surface area contributed by atoms with Gasteiger partial charge in [-0.05, 0) is 31.8 Å². The van der Waals surface area contributed by atoms with E-state index >= 15 is 0 Å².